The minimum absolute atomic E-state index is 0.413. The first-order chi connectivity index (χ1) is 6.52. The second-order valence-electron chi connectivity index (χ2n) is 3.54. The van der Waals surface area contributed by atoms with Gasteiger partial charge in [-0.2, -0.15) is 0 Å². The summed E-state index contributed by atoms with van der Waals surface area (Å²) in [6, 6.07) is 0. The number of aliphatic hydroxyl groups is 3. The molecule has 0 aliphatic rings. The quantitative estimate of drug-likeness (QED) is 0.560. The number of aliphatic hydroxyl groups excluding tert-OH is 2. The fourth-order valence-corrected chi connectivity index (χ4v) is 1.59. The molecule has 0 amide bonds. The van der Waals surface area contributed by atoms with Crippen molar-refractivity contribution in [1.29, 1.82) is 0 Å². The van der Waals surface area contributed by atoms with Crippen LogP contribution in [0.5, 0.6) is 0 Å². The van der Waals surface area contributed by atoms with E-state index in [0.29, 0.717) is 13.0 Å². The van der Waals surface area contributed by atoms with Crippen LogP contribution in [-0.2, 0) is 4.74 Å². The van der Waals surface area contributed by atoms with E-state index in [-0.39, 0.29) is 0 Å². The summed E-state index contributed by atoms with van der Waals surface area (Å²) in [6.45, 7) is 5.47. The van der Waals surface area contributed by atoms with Gasteiger partial charge >= 0.3 is 0 Å². The predicted molar refractivity (Wildman–Crippen MR) is 54.0 cm³/mol. The first-order valence-corrected chi connectivity index (χ1v) is 5.15. The van der Waals surface area contributed by atoms with Crippen molar-refractivity contribution in [2.75, 3.05) is 13.2 Å². The number of rotatable bonds is 7. The molecule has 3 atom stereocenters. The highest BCUT2D eigenvalue weighted by atomic mass is 16.5. The third kappa shape index (κ3) is 3.20. The zero-order valence-corrected chi connectivity index (χ0v) is 9.23. The molecule has 0 aromatic heterocycles. The Labute approximate surface area is 85.5 Å². The van der Waals surface area contributed by atoms with Crippen molar-refractivity contribution in [3.8, 4) is 0 Å². The summed E-state index contributed by atoms with van der Waals surface area (Å²) in [6.07, 6.45) is -0.487. The van der Waals surface area contributed by atoms with Crippen LogP contribution in [-0.4, -0.2) is 46.3 Å². The van der Waals surface area contributed by atoms with Crippen molar-refractivity contribution in [2.45, 2.75) is 51.4 Å². The van der Waals surface area contributed by atoms with Gasteiger partial charge in [0.05, 0.1) is 12.7 Å². The van der Waals surface area contributed by atoms with E-state index < -0.39 is 24.4 Å². The fourth-order valence-electron chi connectivity index (χ4n) is 1.59. The first kappa shape index (κ1) is 13.8. The van der Waals surface area contributed by atoms with Gasteiger partial charge in [-0.1, -0.05) is 13.3 Å². The second kappa shape index (κ2) is 6.35. The van der Waals surface area contributed by atoms with Crippen molar-refractivity contribution in [3.63, 3.8) is 0 Å². The maximum Gasteiger partial charge on any atom is 0.118 e. The molecule has 0 heterocycles. The highest BCUT2D eigenvalue weighted by molar-refractivity contribution is 4.91. The Bertz CT molecular complexity index is 151. The molecule has 0 bridgehead atoms. The molecule has 0 fully saturated rings. The van der Waals surface area contributed by atoms with Gasteiger partial charge in [0.1, 0.15) is 11.7 Å². The van der Waals surface area contributed by atoms with Crippen molar-refractivity contribution in [3.05, 3.63) is 0 Å². The lowest BCUT2D eigenvalue weighted by Gasteiger charge is -2.37. The maximum absolute atomic E-state index is 10.1. The SMILES string of the molecule is CCC[C@@](O)(C(C)OCC)[C@H](O)CO. The first-order valence-electron chi connectivity index (χ1n) is 5.15. The van der Waals surface area contributed by atoms with E-state index in [1.54, 1.807) is 6.92 Å². The lowest BCUT2D eigenvalue weighted by atomic mass is 9.86. The molecule has 0 spiro atoms. The molecule has 3 N–H and O–H groups in total. The zero-order valence-electron chi connectivity index (χ0n) is 9.23. The molecule has 4 heteroatoms. The summed E-state index contributed by atoms with van der Waals surface area (Å²) in [4.78, 5) is 0. The molecule has 0 radical (unpaired) electrons. The highest BCUT2D eigenvalue weighted by Gasteiger charge is 2.40. The number of hydrogen-bond donors (Lipinski definition) is 3. The molecule has 0 aliphatic heterocycles. The zero-order chi connectivity index (χ0) is 11.2. The Morgan fingerprint density at radius 3 is 2.29 bits per heavy atom. The van der Waals surface area contributed by atoms with Crippen LogP contribution in [0.15, 0.2) is 0 Å². The standard InChI is InChI=1S/C10H22O4/c1-4-6-10(13,9(12)7-11)8(3)14-5-2/h8-9,11-13H,4-7H2,1-3H3/t8?,9-,10-/m1/s1. The average Bonchev–Trinajstić information content (AvgIpc) is 2.17. The molecule has 0 saturated heterocycles. The molecule has 4 nitrogen and oxygen atoms in total. The molecule has 0 aromatic carbocycles. The van der Waals surface area contributed by atoms with Crippen molar-refractivity contribution >= 4 is 0 Å². The van der Waals surface area contributed by atoms with E-state index in [0.717, 1.165) is 6.42 Å². The van der Waals surface area contributed by atoms with Crippen LogP contribution in [0, 0.1) is 0 Å². The molecule has 0 saturated carbocycles. The lowest BCUT2D eigenvalue weighted by Crippen LogP contribution is -2.53. The van der Waals surface area contributed by atoms with E-state index in [1.807, 2.05) is 13.8 Å². The van der Waals surface area contributed by atoms with Gasteiger partial charge in [0.2, 0.25) is 0 Å². The van der Waals surface area contributed by atoms with Crippen molar-refractivity contribution in [1.82, 2.24) is 0 Å². The van der Waals surface area contributed by atoms with Crippen LogP contribution in [0.25, 0.3) is 0 Å². The van der Waals surface area contributed by atoms with Crippen LogP contribution < -0.4 is 0 Å². The third-order valence-electron chi connectivity index (χ3n) is 2.52. The van der Waals surface area contributed by atoms with Gasteiger partial charge in [0.15, 0.2) is 0 Å². The van der Waals surface area contributed by atoms with E-state index in [9.17, 15) is 10.2 Å². The van der Waals surface area contributed by atoms with E-state index in [4.69, 9.17) is 9.84 Å². The highest BCUT2D eigenvalue weighted by Crippen LogP contribution is 2.24. The smallest absolute Gasteiger partial charge is 0.118 e. The van der Waals surface area contributed by atoms with Crippen LogP contribution >= 0.6 is 0 Å². The Hall–Kier alpha value is -0.160. The predicted octanol–water partition coefficient (Wildman–Crippen LogP) is 0.296. The third-order valence-corrected chi connectivity index (χ3v) is 2.52. The van der Waals surface area contributed by atoms with Gasteiger partial charge in [0.25, 0.3) is 0 Å². The molecule has 1 unspecified atom stereocenters. The van der Waals surface area contributed by atoms with Crippen molar-refractivity contribution < 1.29 is 20.1 Å². The normalized spacial score (nSPS) is 20.1. The van der Waals surface area contributed by atoms with Crippen LogP contribution in [0.4, 0.5) is 0 Å². The summed E-state index contributed by atoms with van der Waals surface area (Å²) in [5.74, 6) is 0. The second-order valence-corrected chi connectivity index (χ2v) is 3.54. The molecule has 0 rings (SSSR count). The van der Waals surface area contributed by atoms with E-state index >= 15 is 0 Å². The van der Waals surface area contributed by atoms with Gasteiger partial charge in [-0.15, -0.1) is 0 Å². The maximum atomic E-state index is 10.1. The summed E-state index contributed by atoms with van der Waals surface area (Å²) in [5, 5.41) is 28.5. The molecule has 0 aromatic rings. The largest absolute Gasteiger partial charge is 0.394 e. The van der Waals surface area contributed by atoms with E-state index in [1.165, 1.54) is 0 Å². The molecule has 86 valence electrons. The Balaban J connectivity index is 4.51. The van der Waals surface area contributed by atoms with Gasteiger partial charge in [0, 0.05) is 6.61 Å². The summed E-state index contributed by atoms with van der Waals surface area (Å²) < 4.78 is 5.26. The molecular formula is C10H22O4. The minimum Gasteiger partial charge on any atom is -0.394 e. The summed E-state index contributed by atoms with van der Waals surface area (Å²) in [7, 11) is 0. The van der Waals surface area contributed by atoms with Gasteiger partial charge in [-0.3, -0.25) is 0 Å². The van der Waals surface area contributed by atoms with Gasteiger partial charge in [-0.25, -0.2) is 0 Å². The Morgan fingerprint density at radius 2 is 1.93 bits per heavy atom. The number of ether oxygens (including phenoxy) is 1. The topological polar surface area (TPSA) is 69.9 Å². The average molecular weight is 206 g/mol. The van der Waals surface area contributed by atoms with E-state index in [2.05, 4.69) is 0 Å². The molecule has 0 aliphatic carbocycles. The monoisotopic (exact) mass is 206 g/mol. The Morgan fingerprint density at radius 1 is 1.36 bits per heavy atom. The van der Waals surface area contributed by atoms with Crippen LogP contribution in [0.2, 0.25) is 0 Å². The van der Waals surface area contributed by atoms with Crippen LogP contribution in [0.1, 0.15) is 33.6 Å². The minimum atomic E-state index is -1.35. The molecular weight excluding hydrogens is 184 g/mol. The lowest BCUT2D eigenvalue weighted by molar-refractivity contribution is -0.171. The number of hydrogen-bond acceptors (Lipinski definition) is 4. The van der Waals surface area contributed by atoms with Crippen molar-refractivity contribution in [2.24, 2.45) is 0 Å². The Kier molecular flexibility index (Phi) is 6.27. The van der Waals surface area contributed by atoms with Gasteiger partial charge in [-0.05, 0) is 20.3 Å². The molecule has 14 heavy (non-hydrogen) atoms. The van der Waals surface area contributed by atoms with Crippen LogP contribution in [0.3, 0.4) is 0 Å². The van der Waals surface area contributed by atoms with Gasteiger partial charge < -0.3 is 20.1 Å². The fraction of sp³-hybridized carbons (Fsp3) is 1.00. The summed E-state index contributed by atoms with van der Waals surface area (Å²) in [5.41, 5.74) is -1.35. The summed E-state index contributed by atoms with van der Waals surface area (Å²) >= 11 is 0.